The Bertz CT molecular complexity index is 1060. The van der Waals surface area contributed by atoms with Crippen molar-refractivity contribution in [1.29, 1.82) is 0 Å². The lowest BCUT2D eigenvalue weighted by molar-refractivity contribution is 0.122. The smallest absolute Gasteiger partial charge is 0.225 e. The summed E-state index contributed by atoms with van der Waals surface area (Å²) in [5, 5.41) is 3.43. The fourth-order valence-corrected chi connectivity index (χ4v) is 4.45. The van der Waals surface area contributed by atoms with Crippen molar-refractivity contribution in [2.75, 3.05) is 51.5 Å². The minimum Gasteiger partial charge on any atom is -0.488 e. The first-order valence-electron chi connectivity index (χ1n) is 12.5. The van der Waals surface area contributed by atoms with Crippen LogP contribution in [0.4, 0.5) is 5.69 Å². The fourth-order valence-electron chi connectivity index (χ4n) is 4.45. The van der Waals surface area contributed by atoms with E-state index in [0.717, 1.165) is 74.5 Å². The van der Waals surface area contributed by atoms with Gasteiger partial charge in [0.2, 0.25) is 5.96 Å². The summed E-state index contributed by atoms with van der Waals surface area (Å²) < 4.78 is 22.6. The lowest BCUT2D eigenvalue weighted by Crippen LogP contribution is -2.39. The van der Waals surface area contributed by atoms with E-state index in [1.54, 1.807) is 26.4 Å². The number of benzene rings is 1. The van der Waals surface area contributed by atoms with Gasteiger partial charge in [-0.1, -0.05) is 6.58 Å². The maximum absolute atomic E-state index is 6.53. The van der Waals surface area contributed by atoms with Crippen LogP contribution in [0.5, 0.6) is 5.75 Å². The van der Waals surface area contributed by atoms with Crippen molar-refractivity contribution in [3.05, 3.63) is 37.3 Å². The van der Waals surface area contributed by atoms with Gasteiger partial charge in [-0.3, -0.25) is 4.98 Å². The molecule has 1 N–H and O–H groups in total. The Kier molecular flexibility index (Phi) is 9.46. The van der Waals surface area contributed by atoms with E-state index < -0.39 is 0 Å². The molecule has 0 amide bonds. The van der Waals surface area contributed by atoms with Crippen LogP contribution in [0.1, 0.15) is 32.6 Å². The lowest BCUT2D eigenvalue weighted by atomic mass is 9.93. The molecule has 2 aliphatic rings. The highest BCUT2D eigenvalue weighted by atomic mass is 16.5. The number of morpholine rings is 1. The van der Waals surface area contributed by atoms with Crippen LogP contribution in [-0.4, -0.2) is 80.6 Å². The quantitative estimate of drug-likeness (QED) is 0.337. The van der Waals surface area contributed by atoms with Gasteiger partial charge in [0.1, 0.15) is 17.9 Å². The standard InChI is InChI=1S/C26H36N6O4/c1-4-27-26(30-19(2)35-16-15-33-3)31-20-5-7-22(8-6-20)36-24-18-21(32-11-13-34-14-12-32)17-23-25(24)29-10-9-28-23/h4,9-10,17-18,20,22H,1,5-8,11-16H2,2-3H3,(H,27,31)/b30-19+/t20-,22+. The Labute approximate surface area is 212 Å². The van der Waals surface area contributed by atoms with Crippen LogP contribution in [0.15, 0.2) is 47.3 Å². The molecular formula is C26H36N6O4. The number of aliphatic imine (C=N–C) groups is 2. The molecule has 2 aromatic rings. The van der Waals surface area contributed by atoms with Gasteiger partial charge in [-0.25, -0.2) is 9.98 Å². The molecule has 0 radical (unpaired) electrons. The number of anilines is 1. The molecule has 1 saturated carbocycles. The number of nitrogens with one attached hydrogen (secondary N) is 1. The average molecular weight is 497 g/mol. The number of hydrogen-bond acceptors (Lipinski definition) is 8. The summed E-state index contributed by atoms with van der Waals surface area (Å²) in [6, 6.07) is 4.43. The summed E-state index contributed by atoms with van der Waals surface area (Å²) in [5.74, 6) is 1.83. The Balaban J connectivity index is 1.38. The van der Waals surface area contributed by atoms with Crippen molar-refractivity contribution in [3.8, 4) is 5.75 Å². The Morgan fingerprint density at radius 2 is 1.94 bits per heavy atom. The van der Waals surface area contributed by atoms with Crippen molar-refractivity contribution in [1.82, 2.24) is 15.3 Å². The van der Waals surface area contributed by atoms with Crippen LogP contribution in [0.2, 0.25) is 0 Å². The Hall–Kier alpha value is -3.24. The van der Waals surface area contributed by atoms with Crippen LogP contribution in [0, 0.1) is 0 Å². The maximum Gasteiger partial charge on any atom is 0.225 e. The third kappa shape index (κ3) is 7.14. The molecule has 194 valence electrons. The zero-order chi connectivity index (χ0) is 25.2. The monoisotopic (exact) mass is 496 g/mol. The largest absolute Gasteiger partial charge is 0.488 e. The van der Waals surface area contributed by atoms with Crippen molar-refractivity contribution in [3.63, 3.8) is 0 Å². The number of methoxy groups -OCH3 is 1. The minimum absolute atomic E-state index is 0.107. The SMILES string of the molecule is C=C/N=C(\N=C(/C)OCCOC)N[C@H]1CC[C@@H](Oc2cc(N3CCOCC3)cc3nccnc23)CC1. The maximum atomic E-state index is 6.53. The number of nitrogens with zero attached hydrogens (tertiary/aromatic N) is 5. The Morgan fingerprint density at radius 1 is 1.17 bits per heavy atom. The number of guanidine groups is 1. The summed E-state index contributed by atoms with van der Waals surface area (Å²) in [4.78, 5) is 20.1. The molecule has 1 aromatic carbocycles. The summed E-state index contributed by atoms with van der Waals surface area (Å²) >= 11 is 0. The molecule has 1 aliphatic heterocycles. The van der Waals surface area contributed by atoms with Gasteiger partial charge in [0.25, 0.3) is 0 Å². The first-order chi connectivity index (χ1) is 17.7. The van der Waals surface area contributed by atoms with Crippen LogP contribution in [0.25, 0.3) is 11.0 Å². The van der Waals surface area contributed by atoms with E-state index in [1.165, 1.54) is 6.20 Å². The average Bonchev–Trinajstić information content (AvgIpc) is 2.90. The summed E-state index contributed by atoms with van der Waals surface area (Å²) in [6.45, 7) is 9.63. The van der Waals surface area contributed by atoms with E-state index in [4.69, 9.17) is 18.9 Å². The summed E-state index contributed by atoms with van der Waals surface area (Å²) in [6.07, 6.45) is 8.73. The third-order valence-electron chi connectivity index (χ3n) is 6.28. The molecule has 0 bridgehead atoms. The minimum atomic E-state index is 0.107. The van der Waals surface area contributed by atoms with E-state index in [2.05, 4.69) is 48.9 Å². The van der Waals surface area contributed by atoms with Crippen molar-refractivity contribution in [2.45, 2.75) is 44.8 Å². The molecule has 4 rings (SSSR count). The van der Waals surface area contributed by atoms with E-state index in [-0.39, 0.29) is 12.1 Å². The molecule has 10 nitrogen and oxygen atoms in total. The van der Waals surface area contributed by atoms with E-state index >= 15 is 0 Å². The molecule has 36 heavy (non-hydrogen) atoms. The Morgan fingerprint density at radius 3 is 2.69 bits per heavy atom. The zero-order valence-corrected chi connectivity index (χ0v) is 21.2. The predicted octanol–water partition coefficient (Wildman–Crippen LogP) is 3.33. The molecule has 1 saturated heterocycles. The van der Waals surface area contributed by atoms with Crippen LogP contribution in [0.3, 0.4) is 0 Å². The van der Waals surface area contributed by atoms with E-state index in [0.29, 0.717) is 25.1 Å². The topological polar surface area (TPSA) is 103 Å². The number of fused-ring (bicyclic) bond motifs is 1. The van der Waals surface area contributed by atoms with Gasteiger partial charge in [0, 0.05) is 63.5 Å². The fraction of sp³-hybridized carbons (Fsp3) is 0.538. The third-order valence-corrected chi connectivity index (χ3v) is 6.28. The molecule has 0 unspecified atom stereocenters. The number of rotatable bonds is 8. The highest BCUT2D eigenvalue weighted by Gasteiger charge is 2.25. The zero-order valence-electron chi connectivity index (χ0n) is 21.2. The van der Waals surface area contributed by atoms with Crippen molar-refractivity contribution < 1.29 is 18.9 Å². The molecular weight excluding hydrogens is 460 g/mol. The molecule has 10 heteroatoms. The van der Waals surface area contributed by atoms with Crippen LogP contribution in [-0.2, 0) is 14.2 Å². The molecule has 1 aromatic heterocycles. The first kappa shape index (κ1) is 25.8. The lowest BCUT2D eigenvalue weighted by Gasteiger charge is -2.31. The van der Waals surface area contributed by atoms with Gasteiger partial charge >= 0.3 is 0 Å². The normalized spacial score (nSPS) is 21.3. The second kappa shape index (κ2) is 13.2. The summed E-state index contributed by atoms with van der Waals surface area (Å²) in [5.41, 5.74) is 2.74. The van der Waals surface area contributed by atoms with Crippen LogP contribution < -0.4 is 15.0 Å². The van der Waals surface area contributed by atoms with Crippen molar-refractivity contribution in [2.24, 2.45) is 9.98 Å². The molecule has 0 spiro atoms. The van der Waals surface area contributed by atoms with Gasteiger partial charge in [0.05, 0.1) is 31.4 Å². The van der Waals surface area contributed by atoms with Crippen molar-refractivity contribution >= 4 is 28.6 Å². The number of ether oxygens (including phenoxy) is 4. The van der Waals surface area contributed by atoms with Gasteiger partial charge in [-0.05, 0) is 31.7 Å². The molecule has 2 fully saturated rings. The first-order valence-corrected chi connectivity index (χ1v) is 12.5. The number of hydrogen-bond donors (Lipinski definition) is 1. The van der Waals surface area contributed by atoms with Gasteiger partial charge in [-0.15, -0.1) is 0 Å². The van der Waals surface area contributed by atoms with Gasteiger partial charge in [-0.2, -0.15) is 4.99 Å². The molecule has 1 aliphatic carbocycles. The highest BCUT2D eigenvalue weighted by molar-refractivity contribution is 5.92. The van der Waals surface area contributed by atoms with E-state index in [9.17, 15) is 0 Å². The molecule has 2 heterocycles. The van der Waals surface area contributed by atoms with Gasteiger partial charge in [0.15, 0.2) is 5.90 Å². The van der Waals surface area contributed by atoms with Crippen LogP contribution >= 0.6 is 0 Å². The predicted molar refractivity (Wildman–Crippen MR) is 141 cm³/mol. The highest BCUT2D eigenvalue weighted by Crippen LogP contribution is 2.33. The summed E-state index contributed by atoms with van der Waals surface area (Å²) in [7, 11) is 1.64. The van der Waals surface area contributed by atoms with Gasteiger partial charge < -0.3 is 29.2 Å². The second-order valence-electron chi connectivity index (χ2n) is 8.81. The number of aromatic nitrogens is 2. The molecule has 0 atom stereocenters. The van der Waals surface area contributed by atoms with E-state index in [1.807, 2.05) is 0 Å². The second-order valence-corrected chi connectivity index (χ2v) is 8.81.